The first kappa shape index (κ1) is 14.3. The van der Waals surface area contributed by atoms with Gasteiger partial charge in [-0.25, -0.2) is 0 Å². The van der Waals surface area contributed by atoms with Gasteiger partial charge in [0.2, 0.25) is 0 Å². The van der Waals surface area contributed by atoms with E-state index in [2.05, 4.69) is 24.1 Å². The van der Waals surface area contributed by atoms with Gasteiger partial charge in [-0.05, 0) is 51.1 Å². The van der Waals surface area contributed by atoms with Crippen molar-refractivity contribution in [2.75, 3.05) is 19.6 Å². The molecule has 0 aromatic carbocycles. The fourth-order valence-corrected chi connectivity index (χ4v) is 3.48. The van der Waals surface area contributed by atoms with Crippen LogP contribution in [-0.4, -0.2) is 36.6 Å². The Bertz CT molecular complexity index is 215. The molecule has 1 saturated carbocycles. The van der Waals surface area contributed by atoms with Crippen molar-refractivity contribution < 1.29 is 0 Å². The van der Waals surface area contributed by atoms with Crippen molar-refractivity contribution in [2.45, 2.75) is 77.3 Å². The van der Waals surface area contributed by atoms with Gasteiger partial charge in [-0.1, -0.05) is 33.1 Å². The molecule has 2 aliphatic rings. The van der Waals surface area contributed by atoms with E-state index in [4.69, 9.17) is 0 Å². The maximum absolute atomic E-state index is 3.72. The Kier molecular flexibility index (Phi) is 5.97. The van der Waals surface area contributed by atoms with Crippen LogP contribution >= 0.6 is 0 Å². The number of nitrogens with zero attached hydrogens (tertiary/aromatic N) is 1. The van der Waals surface area contributed by atoms with Gasteiger partial charge in [0.25, 0.3) is 0 Å². The van der Waals surface area contributed by atoms with Gasteiger partial charge < -0.3 is 5.32 Å². The van der Waals surface area contributed by atoms with Crippen molar-refractivity contribution in [1.29, 1.82) is 0 Å². The summed E-state index contributed by atoms with van der Waals surface area (Å²) in [6.07, 6.45) is 11.4. The highest BCUT2D eigenvalue weighted by Crippen LogP contribution is 2.25. The molecule has 18 heavy (non-hydrogen) atoms. The summed E-state index contributed by atoms with van der Waals surface area (Å²) in [5.74, 6) is 0.841. The first-order valence-corrected chi connectivity index (χ1v) is 8.23. The lowest BCUT2D eigenvalue weighted by Gasteiger charge is -2.35. The van der Waals surface area contributed by atoms with E-state index >= 15 is 0 Å². The van der Waals surface area contributed by atoms with Gasteiger partial charge in [0.1, 0.15) is 0 Å². The maximum atomic E-state index is 3.72. The molecule has 0 aromatic heterocycles. The van der Waals surface area contributed by atoms with Crippen molar-refractivity contribution in [2.24, 2.45) is 5.92 Å². The minimum absolute atomic E-state index is 0.770. The van der Waals surface area contributed by atoms with Gasteiger partial charge in [-0.3, -0.25) is 4.90 Å². The number of piperidine rings is 1. The molecule has 1 saturated heterocycles. The molecular formula is C16H32N2. The summed E-state index contributed by atoms with van der Waals surface area (Å²) in [4.78, 5) is 2.82. The molecule has 1 atom stereocenters. The fourth-order valence-electron chi connectivity index (χ4n) is 3.48. The summed E-state index contributed by atoms with van der Waals surface area (Å²) < 4.78 is 0. The summed E-state index contributed by atoms with van der Waals surface area (Å²) in [5.41, 5.74) is 0. The van der Waals surface area contributed by atoms with Gasteiger partial charge in [0, 0.05) is 18.6 Å². The molecule has 1 unspecified atom stereocenters. The lowest BCUT2D eigenvalue weighted by molar-refractivity contribution is 0.159. The average molecular weight is 252 g/mol. The Morgan fingerprint density at radius 2 is 1.78 bits per heavy atom. The second-order valence-electron chi connectivity index (χ2n) is 6.76. The minimum atomic E-state index is 0.770. The Balaban J connectivity index is 1.81. The van der Waals surface area contributed by atoms with E-state index in [0.29, 0.717) is 0 Å². The second kappa shape index (κ2) is 7.49. The molecule has 0 radical (unpaired) electrons. The SMILES string of the molecule is CC(C)CCN(CC1CCCCN1)C1CCCC1. The van der Waals surface area contributed by atoms with Crippen LogP contribution in [0.3, 0.4) is 0 Å². The van der Waals surface area contributed by atoms with Crippen molar-refractivity contribution in [3.05, 3.63) is 0 Å². The lowest BCUT2D eigenvalue weighted by atomic mass is 10.0. The van der Waals surface area contributed by atoms with Gasteiger partial charge in [0.05, 0.1) is 0 Å². The zero-order valence-corrected chi connectivity index (χ0v) is 12.5. The van der Waals surface area contributed by atoms with Gasteiger partial charge in [-0.2, -0.15) is 0 Å². The van der Waals surface area contributed by atoms with E-state index in [-0.39, 0.29) is 0 Å². The molecule has 0 aromatic rings. The molecule has 1 aliphatic heterocycles. The molecule has 0 bridgehead atoms. The molecule has 106 valence electrons. The number of rotatable bonds is 6. The van der Waals surface area contributed by atoms with E-state index in [9.17, 15) is 0 Å². The van der Waals surface area contributed by atoms with E-state index < -0.39 is 0 Å². The Morgan fingerprint density at radius 3 is 2.39 bits per heavy atom. The average Bonchev–Trinajstić information content (AvgIpc) is 2.89. The minimum Gasteiger partial charge on any atom is -0.313 e. The number of nitrogens with one attached hydrogen (secondary N) is 1. The van der Waals surface area contributed by atoms with Crippen LogP contribution in [0.4, 0.5) is 0 Å². The van der Waals surface area contributed by atoms with E-state index in [1.807, 2.05) is 0 Å². The van der Waals surface area contributed by atoms with Crippen LogP contribution in [0.2, 0.25) is 0 Å². The molecular weight excluding hydrogens is 220 g/mol. The zero-order chi connectivity index (χ0) is 12.8. The Labute approximate surface area is 114 Å². The van der Waals surface area contributed by atoms with Gasteiger partial charge in [0.15, 0.2) is 0 Å². The summed E-state index contributed by atoms with van der Waals surface area (Å²) in [5, 5.41) is 3.72. The molecule has 1 N–H and O–H groups in total. The van der Waals surface area contributed by atoms with Gasteiger partial charge in [-0.15, -0.1) is 0 Å². The maximum Gasteiger partial charge on any atom is 0.0195 e. The molecule has 2 fully saturated rings. The zero-order valence-electron chi connectivity index (χ0n) is 12.5. The van der Waals surface area contributed by atoms with Crippen LogP contribution in [0.1, 0.15) is 65.2 Å². The van der Waals surface area contributed by atoms with E-state index in [1.165, 1.54) is 71.0 Å². The Hall–Kier alpha value is -0.0800. The predicted molar refractivity (Wildman–Crippen MR) is 78.9 cm³/mol. The third-order valence-corrected chi connectivity index (χ3v) is 4.70. The standard InChI is InChI=1S/C16H32N2/c1-14(2)10-12-18(16-8-3-4-9-16)13-15-7-5-6-11-17-15/h14-17H,3-13H2,1-2H3. The fraction of sp³-hybridized carbons (Fsp3) is 1.00. The first-order chi connectivity index (χ1) is 8.75. The highest BCUT2D eigenvalue weighted by molar-refractivity contribution is 4.83. The Morgan fingerprint density at radius 1 is 1.06 bits per heavy atom. The molecule has 1 aliphatic carbocycles. The smallest absolute Gasteiger partial charge is 0.0195 e. The van der Waals surface area contributed by atoms with Crippen molar-refractivity contribution in [3.63, 3.8) is 0 Å². The van der Waals surface area contributed by atoms with Crippen LogP contribution in [0, 0.1) is 5.92 Å². The highest BCUT2D eigenvalue weighted by atomic mass is 15.2. The first-order valence-electron chi connectivity index (χ1n) is 8.23. The predicted octanol–water partition coefficient (Wildman–Crippen LogP) is 3.42. The van der Waals surface area contributed by atoms with Crippen molar-refractivity contribution in [3.8, 4) is 0 Å². The second-order valence-corrected chi connectivity index (χ2v) is 6.76. The van der Waals surface area contributed by atoms with Crippen molar-refractivity contribution in [1.82, 2.24) is 10.2 Å². The molecule has 2 heteroatoms. The summed E-state index contributed by atoms with van der Waals surface area (Å²) >= 11 is 0. The molecule has 0 amide bonds. The molecule has 2 nitrogen and oxygen atoms in total. The normalized spacial score (nSPS) is 26.3. The van der Waals surface area contributed by atoms with Crippen LogP contribution < -0.4 is 5.32 Å². The van der Waals surface area contributed by atoms with Crippen LogP contribution in [0.5, 0.6) is 0 Å². The third-order valence-electron chi connectivity index (χ3n) is 4.70. The molecule has 2 rings (SSSR count). The van der Waals surface area contributed by atoms with E-state index in [1.54, 1.807) is 0 Å². The molecule has 1 heterocycles. The monoisotopic (exact) mass is 252 g/mol. The van der Waals surface area contributed by atoms with Gasteiger partial charge >= 0.3 is 0 Å². The number of hydrogen-bond acceptors (Lipinski definition) is 2. The van der Waals surface area contributed by atoms with E-state index in [0.717, 1.165) is 18.0 Å². The summed E-state index contributed by atoms with van der Waals surface area (Å²) in [6, 6.07) is 1.67. The van der Waals surface area contributed by atoms with Crippen LogP contribution in [0.15, 0.2) is 0 Å². The molecule has 0 spiro atoms. The quantitative estimate of drug-likeness (QED) is 0.779. The summed E-state index contributed by atoms with van der Waals surface area (Å²) in [7, 11) is 0. The lowest BCUT2D eigenvalue weighted by Crippen LogP contribution is -2.47. The highest BCUT2D eigenvalue weighted by Gasteiger charge is 2.25. The van der Waals surface area contributed by atoms with Crippen molar-refractivity contribution >= 4 is 0 Å². The largest absolute Gasteiger partial charge is 0.313 e. The topological polar surface area (TPSA) is 15.3 Å². The third kappa shape index (κ3) is 4.55. The van der Waals surface area contributed by atoms with Crippen LogP contribution in [-0.2, 0) is 0 Å². The van der Waals surface area contributed by atoms with Crippen LogP contribution in [0.25, 0.3) is 0 Å². The number of hydrogen-bond donors (Lipinski definition) is 1. The summed E-state index contributed by atoms with van der Waals surface area (Å²) in [6.45, 7) is 8.57.